The molecule has 4 heteroatoms. The van der Waals surface area contributed by atoms with E-state index < -0.39 is 0 Å². The van der Waals surface area contributed by atoms with Crippen LogP contribution in [0, 0.1) is 0 Å². The molecule has 2 N–H and O–H groups in total. The number of fused-ring (bicyclic) bond motifs is 1. The van der Waals surface area contributed by atoms with Crippen LogP contribution in [0.15, 0.2) is 41.0 Å². The molecule has 0 bridgehead atoms. The highest BCUT2D eigenvalue weighted by atomic mass is 16.3. The summed E-state index contributed by atoms with van der Waals surface area (Å²) in [5.41, 5.74) is 8.37. The molecular formula is C12H11N3O. The minimum Gasteiger partial charge on any atom is -0.461 e. The molecule has 80 valence electrons. The molecule has 0 fully saturated rings. The molecule has 0 radical (unpaired) electrons. The number of aromatic nitrogens is 2. The molecule has 3 rings (SSSR count). The van der Waals surface area contributed by atoms with Gasteiger partial charge in [-0.2, -0.15) is 0 Å². The van der Waals surface area contributed by atoms with Gasteiger partial charge in [-0.1, -0.05) is 0 Å². The second kappa shape index (κ2) is 3.13. The maximum Gasteiger partial charge on any atom is 0.176 e. The van der Waals surface area contributed by atoms with Crippen molar-refractivity contribution in [2.75, 3.05) is 5.73 Å². The molecule has 2 aromatic heterocycles. The Morgan fingerprint density at radius 1 is 1.31 bits per heavy atom. The molecule has 0 spiro atoms. The SMILES string of the molecule is Cn1c(-c2ccco2)nc2cc(N)ccc21. The van der Waals surface area contributed by atoms with E-state index in [-0.39, 0.29) is 0 Å². The Bertz CT molecular complexity index is 638. The van der Waals surface area contributed by atoms with Crippen molar-refractivity contribution in [2.45, 2.75) is 0 Å². The molecule has 0 atom stereocenters. The maximum atomic E-state index is 5.73. The molecule has 0 aliphatic heterocycles. The van der Waals surface area contributed by atoms with Crippen molar-refractivity contribution >= 4 is 16.7 Å². The van der Waals surface area contributed by atoms with Gasteiger partial charge in [-0.15, -0.1) is 0 Å². The van der Waals surface area contributed by atoms with Gasteiger partial charge in [-0.25, -0.2) is 4.98 Å². The lowest BCUT2D eigenvalue weighted by Gasteiger charge is -1.98. The molecule has 0 amide bonds. The van der Waals surface area contributed by atoms with Gasteiger partial charge in [-0.3, -0.25) is 0 Å². The molecule has 0 unspecified atom stereocenters. The number of nitrogens with two attached hydrogens (primary N) is 1. The van der Waals surface area contributed by atoms with E-state index in [2.05, 4.69) is 4.98 Å². The summed E-state index contributed by atoms with van der Waals surface area (Å²) >= 11 is 0. The second-order valence-electron chi connectivity index (χ2n) is 3.72. The van der Waals surface area contributed by atoms with Crippen molar-refractivity contribution in [3.63, 3.8) is 0 Å². The first-order valence-electron chi connectivity index (χ1n) is 5.01. The third-order valence-electron chi connectivity index (χ3n) is 2.65. The van der Waals surface area contributed by atoms with E-state index in [1.54, 1.807) is 6.26 Å². The molecule has 16 heavy (non-hydrogen) atoms. The van der Waals surface area contributed by atoms with Gasteiger partial charge in [-0.05, 0) is 30.3 Å². The lowest BCUT2D eigenvalue weighted by Crippen LogP contribution is -1.91. The number of nitrogens with zero attached hydrogens (tertiary/aromatic N) is 2. The minimum absolute atomic E-state index is 0.719. The standard InChI is InChI=1S/C12H11N3O/c1-15-10-5-4-8(13)7-9(10)14-12(15)11-3-2-6-16-11/h2-7H,13H2,1H3. The van der Waals surface area contributed by atoms with Gasteiger partial charge in [0.25, 0.3) is 0 Å². The van der Waals surface area contributed by atoms with Gasteiger partial charge in [0.2, 0.25) is 0 Å². The van der Waals surface area contributed by atoms with Crippen molar-refractivity contribution in [2.24, 2.45) is 7.05 Å². The molecule has 1 aromatic carbocycles. The zero-order chi connectivity index (χ0) is 11.1. The van der Waals surface area contributed by atoms with Gasteiger partial charge < -0.3 is 14.7 Å². The van der Waals surface area contributed by atoms with Gasteiger partial charge in [0, 0.05) is 12.7 Å². The predicted octanol–water partition coefficient (Wildman–Crippen LogP) is 2.42. The monoisotopic (exact) mass is 213 g/mol. The largest absolute Gasteiger partial charge is 0.461 e. The smallest absolute Gasteiger partial charge is 0.176 e. The normalized spacial score (nSPS) is 11.1. The number of hydrogen-bond acceptors (Lipinski definition) is 3. The minimum atomic E-state index is 0.719. The van der Waals surface area contributed by atoms with E-state index in [0.717, 1.165) is 28.3 Å². The maximum absolute atomic E-state index is 5.73. The van der Waals surface area contributed by atoms with Gasteiger partial charge in [0.15, 0.2) is 11.6 Å². The number of imidazole rings is 1. The summed E-state index contributed by atoms with van der Waals surface area (Å²) in [7, 11) is 1.96. The Morgan fingerprint density at radius 2 is 2.19 bits per heavy atom. The molecule has 0 aliphatic rings. The van der Waals surface area contributed by atoms with Crippen molar-refractivity contribution in [1.29, 1.82) is 0 Å². The second-order valence-corrected chi connectivity index (χ2v) is 3.72. The Labute approximate surface area is 92.3 Å². The van der Waals surface area contributed by atoms with E-state index in [1.165, 1.54) is 0 Å². The molecular weight excluding hydrogens is 202 g/mol. The fourth-order valence-corrected chi connectivity index (χ4v) is 1.84. The van der Waals surface area contributed by atoms with Crippen molar-refractivity contribution in [3.05, 3.63) is 36.6 Å². The van der Waals surface area contributed by atoms with Gasteiger partial charge in [0.1, 0.15) is 0 Å². The lowest BCUT2D eigenvalue weighted by molar-refractivity contribution is 0.574. The van der Waals surface area contributed by atoms with Crippen LogP contribution in [0.4, 0.5) is 5.69 Å². The first-order valence-corrected chi connectivity index (χ1v) is 5.01. The van der Waals surface area contributed by atoms with Crippen LogP contribution < -0.4 is 5.73 Å². The summed E-state index contributed by atoms with van der Waals surface area (Å²) in [6, 6.07) is 9.44. The third-order valence-corrected chi connectivity index (χ3v) is 2.65. The first-order chi connectivity index (χ1) is 7.75. The summed E-state index contributed by atoms with van der Waals surface area (Å²) in [5.74, 6) is 1.57. The molecule has 2 heterocycles. The van der Waals surface area contributed by atoms with Crippen LogP contribution >= 0.6 is 0 Å². The Hall–Kier alpha value is -2.23. The topological polar surface area (TPSA) is 57.0 Å². The lowest BCUT2D eigenvalue weighted by atomic mass is 10.3. The number of hydrogen-bond donors (Lipinski definition) is 1. The molecule has 0 aliphatic carbocycles. The van der Waals surface area contributed by atoms with Crippen LogP contribution in [0.3, 0.4) is 0 Å². The fourth-order valence-electron chi connectivity index (χ4n) is 1.84. The van der Waals surface area contributed by atoms with E-state index in [1.807, 2.05) is 41.9 Å². The van der Waals surface area contributed by atoms with Crippen LogP contribution in [0.1, 0.15) is 0 Å². The summed E-state index contributed by atoms with van der Waals surface area (Å²) in [4.78, 5) is 4.50. The average Bonchev–Trinajstić information content (AvgIpc) is 2.86. The summed E-state index contributed by atoms with van der Waals surface area (Å²) in [5, 5.41) is 0. The number of rotatable bonds is 1. The Balaban J connectivity index is 2.31. The highest BCUT2D eigenvalue weighted by molar-refractivity contribution is 5.82. The predicted molar refractivity (Wildman–Crippen MR) is 62.8 cm³/mol. The van der Waals surface area contributed by atoms with Gasteiger partial charge >= 0.3 is 0 Å². The van der Waals surface area contributed by atoms with Crippen LogP contribution in [-0.4, -0.2) is 9.55 Å². The number of anilines is 1. The molecule has 0 saturated heterocycles. The zero-order valence-electron chi connectivity index (χ0n) is 8.84. The number of benzene rings is 1. The van der Waals surface area contributed by atoms with Crippen LogP contribution in [0.2, 0.25) is 0 Å². The van der Waals surface area contributed by atoms with Crippen molar-refractivity contribution in [3.8, 4) is 11.6 Å². The average molecular weight is 213 g/mol. The number of furan rings is 1. The van der Waals surface area contributed by atoms with Crippen molar-refractivity contribution in [1.82, 2.24) is 9.55 Å². The Kier molecular flexibility index (Phi) is 1.77. The van der Waals surface area contributed by atoms with Gasteiger partial charge in [0.05, 0.1) is 17.3 Å². The Morgan fingerprint density at radius 3 is 2.94 bits per heavy atom. The van der Waals surface area contributed by atoms with Crippen LogP contribution in [0.25, 0.3) is 22.6 Å². The van der Waals surface area contributed by atoms with E-state index in [0.29, 0.717) is 0 Å². The first kappa shape index (κ1) is 9.03. The van der Waals surface area contributed by atoms with Crippen LogP contribution in [-0.2, 0) is 7.05 Å². The molecule has 4 nitrogen and oxygen atoms in total. The molecule has 0 saturated carbocycles. The quantitative estimate of drug-likeness (QED) is 0.631. The van der Waals surface area contributed by atoms with E-state index in [4.69, 9.17) is 10.2 Å². The third kappa shape index (κ3) is 1.20. The summed E-state index contributed by atoms with van der Waals surface area (Å²) in [6.45, 7) is 0. The zero-order valence-corrected chi connectivity index (χ0v) is 8.84. The molecule has 3 aromatic rings. The number of aryl methyl sites for hydroxylation is 1. The van der Waals surface area contributed by atoms with E-state index >= 15 is 0 Å². The van der Waals surface area contributed by atoms with Crippen molar-refractivity contribution < 1.29 is 4.42 Å². The highest BCUT2D eigenvalue weighted by Crippen LogP contribution is 2.24. The van der Waals surface area contributed by atoms with Crippen LogP contribution in [0.5, 0.6) is 0 Å². The highest BCUT2D eigenvalue weighted by Gasteiger charge is 2.11. The fraction of sp³-hybridized carbons (Fsp3) is 0.0833. The summed E-state index contributed by atoms with van der Waals surface area (Å²) in [6.07, 6.45) is 1.64. The summed E-state index contributed by atoms with van der Waals surface area (Å²) < 4.78 is 7.34. The van der Waals surface area contributed by atoms with E-state index in [9.17, 15) is 0 Å². The number of nitrogen functional groups attached to an aromatic ring is 1.